The molecule has 0 unspecified atom stereocenters. The van der Waals surface area contributed by atoms with Gasteiger partial charge in [0.05, 0.1) is 17.0 Å². The van der Waals surface area contributed by atoms with Crippen LogP contribution in [0, 0.1) is 5.92 Å². The second kappa shape index (κ2) is 8.53. The minimum Gasteiger partial charge on any atom is -0.342 e. The van der Waals surface area contributed by atoms with Gasteiger partial charge in [0, 0.05) is 38.2 Å². The molecule has 0 spiro atoms. The van der Waals surface area contributed by atoms with E-state index in [1.54, 1.807) is 0 Å². The van der Waals surface area contributed by atoms with Crippen LogP contribution >= 0.6 is 0 Å². The Morgan fingerprint density at radius 2 is 1.97 bits per heavy atom. The summed E-state index contributed by atoms with van der Waals surface area (Å²) in [6.45, 7) is 2.15. The second-order valence-corrected chi connectivity index (χ2v) is 8.66. The first-order valence-corrected chi connectivity index (χ1v) is 11.3. The van der Waals surface area contributed by atoms with Crippen LogP contribution in [0.4, 0.5) is 5.69 Å². The number of imidazole rings is 1. The number of hydrogen-bond acceptors (Lipinski definition) is 3. The molecule has 2 aromatic carbocycles. The molecule has 0 saturated carbocycles. The van der Waals surface area contributed by atoms with Crippen molar-refractivity contribution in [3.8, 4) is 0 Å². The largest absolute Gasteiger partial charge is 0.342 e. The van der Waals surface area contributed by atoms with Crippen molar-refractivity contribution in [2.24, 2.45) is 5.92 Å². The predicted molar refractivity (Wildman–Crippen MR) is 121 cm³/mol. The van der Waals surface area contributed by atoms with Gasteiger partial charge in [0.1, 0.15) is 5.82 Å². The molecule has 5 rings (SSSR count). The summed E-state index contributed by atoms with van der Waals surface area (Å²) >= 11 is 0. The van der Waals surface area contributed by atoms with Gasteiger partial charge in [0.15, 0.2) is 0 Å². The molecule has 1 N–H and O–H groups in total. The highest BCUT2D eigenvalue weighted by atomic mass is 16.2. The summed E-state index contributed by atoms with van der Waals surface area (Å²) in [4.78, 5) is 31.9. The van der Waals surface area contributed by atoms with Gasteiger partial charge in [-0.3, -0.25) is 9.59 Å². The first-order chi connectivity index (χ1) is 15.2. The first-order valence-electron chi connectivity index (χ1n) is 11.3. The third kappa shape index (κ3) is 4.20. The number of aromatic nitrogens is 2. The lowest BCUT2D eigenvalue weighted by molar-refractivity contribution is -0.128. The molecule has 2 amide bonds. The smallest absolute Gasteiger partial charge is 0.229 e. The molecule has 1 fully saturated rings. The number of hydrogen-bond donors (Lipinski definition) is 1. The summed E-state index contributed by atoms with van der Waals surface area (Å²) in [5, 5.41) is 3.02. The summed E-state index contributed by atoms with van der Waals surface area (Å²) in [6.07, 6.45) is 5.72. The molecule has 31 heavy (non-hydrogen) atoms. The van der Waals surface area contributed by atoms with E-state index in [9.17, 15) is 9.59 Å². The summed E-state index contributed by atoms with van der Waals surface area (Å²) in [7, 11) is 0. The average Bonchev–Trinajstić information content (AvgIpc) is 3.23. The van der Waals surface area contributed by atoms with E-state index < -0.39 is 0 Å². The lowest BCUT2D eigenvalue weighted by atomic mass is 10.1. The van der Waals surface area contributed by atoms with Crippen LogP contribution in [-0.4, -0.2) is 39.4 Å². The van der Waals surface area contributed by atoms with E-state index >= 15 is 0 Å². The number of nitrogens with one attached hydrogen (secondary N) is 1. The Hall–Kier alpha value is -3.15. The van der Waals surface area contributed by atoms with Crippen molar-refractivity contribution < 1.29 is 9.59 Å². The van der Waals surface area contributed by atoms with Crippen LogP contribution in [0.15, 0.2) is 48.5 Å². The minimum atomic E-state index is -0.308. The fourth-order valence-corrected chi connectivity index (χ4v) is 4.74. The van der Waals surface area contributed by atoms with E-state index in [1.165, 1.54) is 24.8 Å². The third-order valence-electron chi connectivity index (χ3n) is 6.48. The molecule has 3 aromatic rings. The van der Waals surface area contributed by atoms with Gasteiger partial charge in [0.25, 0.3) is 0 Å². The zero-order chi connectivity index (χ0) is 21.2. The van der Waals surface area contributed by atoms with E-state index in [1.807, 2.05) is 35.2 Å². The zero-order valence-corrected chi connectivity index (χ0v) is 17.7. The number of fused-ring (bicyclic) bond motifs is 3. The Kier molecular flexibility index (Phi) is 5.45. The molecule has 3 heterocycles. The van der Waals surface area contributed by atoms with E-state index in [4.69, 9.17) is 4.98 Å². The molecule has 6 heteroatoms. The number of amides is 2. The van der Waals surface area contributed by atoms with Crippen LogP contribution in [0.5, 0.6) is 0 Å². The van der Waals surface area contributed by atoms with Crippen LogP contribution in [0.25, 0.3) is 11.0 Å². The lowest BCUT2D eigenvalue weighted by Crippen LogP contribution is -2.30. The standard InChI is InChI=1S/C25H28N4O2/c30-24-15-19(17-28(24)14-12-18-7-3-1-4-8-18)25(31)26-20-10-11-22-21(16-20)27-23-9-5-2-6-13-29(22)23/h1,3-4,7-8,10-11,16,19H,2,5-6,9,12-15,17H2,(H,26,31)/t19-/m0/s1. The molecular formula is C25H28N4O2. The van der Waals surface area contributed by atoms with E-state index in [0.717, 1.165) is 41.9 Å². The van der Waals surface area contributed by atoms with Crippen molar-refractivity contribution in [1.82, 2.24) is 14.5 Å². The van der Waals surface area contributed by atoms with E-state index in [2.05, 4.69) is 28.1 Å². The van der Waals surface area contributed by atoms with Gasteiger partial charge in [-0.05, 0) is 43.0 Å². The monoisotopic (exact) mass is 416 g/mol. The fourth-order valence-electron chi connectivity index (χ4n) is 4.74. The van der Waals surface area contributed by atoms with Crippen molar-refractivity contribution >= 4 is 28.5 Å². The second-order valence-electron chi connectivity index (χ2n) is 8.66. The number of likely N-dealkylation sites (tertiary alicyclic amines) is 1. The number of aryl methyl sites for hydroxylation is 2. The van der Waals surface area contributed by atoms with Gasteiger partial charge in [-0.2, -0.15) is 0 Å². The first kappa shape index (κ1) is 19.8. The number of anilines is 1. The molecule has 2 aliphatic heterocycles. The Labute approximate surface area is 182 Å². The maximum atomic E-state index is 12.8. The highest BCUT2D eigenvalue weighted by Crippen LogP contribution is 2.26. The maximum Gasteiger partial charge on any atom is 0.229 e. The Morgan fingerprint density at radius 3 is 2.84 bits per heavy atom. The Bertz CT molecular complexity index is 1110. The summed E-state index contributed by atoms with van der Waals surface area (Å²) in [5.41, 5.74) is 4.02. The highest BCUT2D eigenvalue weighted by Gasteiger charge is 2.34. The SMILES string of the molecule is O=C(Nc1ccc2c(c1)nc1n2CCCCC1)[C@H]1CC(=O)N(CCc2ccccc2)C1. The third-order valence-corrected chi connectivity index (χ3v) is 6.48. The van der Waals surface area contributed by atoms with E-state index in [0.29, 0.717) is 13.1 Å². The predicted octanol–water partition coefficient (Wildman–Crippen LogP) is 3.79. The van der Waals surface area contributed by atoms with Gasteiger partial charge in [-0.25, -0.2) is 4.98 Å². The molecule has 2 aliphatic rings. The van der Waals surface area contributed by atoms with Gasteiger partial charge in [-0.1, -0.05) is 36.8 Å². The lowest BCUT2D eigenvalue weighted by Gasteiger charge is -2.16. The molecule has 1 atom stereocenters. The minimum absolute atomic E-state index is 0.0596. The van der Waals surface area contributed by atoms with Crippen LogP contribution in [0.3, 0.4) is 0 Å². The maximum absolute atomic E-state index is 12.8. The summed E-state index contributed by atoms with van der Waals surface area (Å²) in [5.74, 6) is 0.809. The quantitative estimate of drug-likeness (QED) is 0.688. The zero-order valence-electron chi connectivity index (χ0n) is 17.7. The molecule has 6 nitrogen and oxygen atoms in total. The Morgan fingerprint density at radius 1 is 1.10 bits per heavy atom. The Balaban J connectivity index is 1.23. The number of rotatable bonds is 5. The molecule has 0 bridgehead atoms. The number of benzene rings is 2. The van der Waals surface area contributed by atoms with Gasteiger partial charge in [0.2, 0.25) is 11.8 Å². The molecule has 0 aliphatic carbocycles. The molecule has 0 radical (unpaired) electrons. The van der Waals surface area contributed by atoms with Crippen molar-refractivity contribution in [3.05, 3.63) is 59.9 Å². The van der Waals surface area contributed by atoms with Gasteiger partial charge in [-0.15, -0.1) is 0 Å². The normalized spacial score (nSPS) is 18.8. The molecule has 160 valence electrons. The van der Waals surface area contributed by atoms with Crippen LogP contribution in [0.1, 0.15) is 37.1 Å². The van der Waals surface area contributed by atoms with Gasteiger partial charge < -0.3 is 14.8 Å². The number of nitrogens with zero attached hydrogens (tertiary/aromatic N) is 3. The van der Waals surface area contributed by atoms with Crippen LogP contribution < -0.4 is 5.32 Å². The van der Waals surface area contributed by atoms with Gasteiger partial charge >= 0.3 is 0 Å². The van der Waals surface area contributed by atoms with Crippen LogP contribution in [-0.2, 0) is 29.0 Å². The van der Waals surface area contributed by atoms with Crippen molar-refractivity contribution in [3.63, 3.8) is 0 Å². The summed E-state index contributed by atoms with van der Waals surface area (Å²) in [6, 6.07) is 16.1. The fraction of sp³-hybridized carbons (Fsp3) is 0.400. The molecule has 1 saturated heterocycles. The van der Waals surface area contributed by atoms with Crippen LogP contribution in [0.2, 0.25) is 0 Å². The number of carbonyl (C=O) groups excluding carboxylic acids is 2. The van der Waals surface area contributed by atoms with Crippen molar-refractivity contribution in [2.75, 3.05) is 18.4 Å². The number of carbonyl (C=O) groups is 2. The van der Waals surface area contributed by atoms with Crippen molar-refractivity contribution in [2.45, 2.75) is 45.1 Å². The van der Waals surface area contributed by atoms with Crippen molar-refractivity contribution in [1.29, 1.82) is 0 Å². The highest BCUT2D eigenvalue weighted by molar-refractivity contribution is 5.98. The van der Waals surface area contributed by atoms with E-state index in [-0.39, 0.29) is 24.2 Å². The average molecular weight is 417 g/mol. The topological polar surface area (TPSA) is 67.2 Å². The summed E-state index contributed by atoms with van der Waals surface area (Å²) < 4.78 is 2.31. The molecule has 1 aromatic heterocycles. The molecular weight excluding hydrogens is 388 g/mol.